The van der Waals surface area contributed by atoms with Crippen LogP contribution in [0.25, 0.3) is 10.2 Å². The number of amides is 3. The van der Waals surface area contributed by atoms with E-state index in [1.165, 1.54) is 11.3 Å². The second-order valence-corrected chi connectivity index (χ2v) is 11.0. The molecule has 1 saturated carbocycles. The first-order valence-corrected chi connectivity index (χ1v) is 13.6. The lowest BCUT2D eigenvalue weighted by Gasteiger charge is -2.30. The van der Waals surface area contributed by atoms with Crippen molar-refractivity contribution in [2.75, 3.05) is 24.3 Å². The molecule has 0 saturated heterocycles. The van der Waals surface area contributed by atoms with Crippen LogP contribution in [-0.4, -0.2) is 48.0 Å². The minimum absolute atomic E-state index is 0.0809. The standard InChI is InChI=1S/C29H29N5O3S/c1-17-16-19(37-18-8-5-4-6-9-18)12-13-21(17)34-23-14-15-30-28-24(23)25(32-29(34)36)26(38-28)27(35)31-20-10-7-11-22(20)33(2)3/h4-6,8-9,12-16,20,22H,7,10-11H2,1-3H3,(H,31,35)(H,32,36)/t20-,22-/m0/s1. The Balaban J connectivity index is 1.33. The van der Waals surface area contributed by atoms with Crippen molar-refractivity contribution in [2.45, 2.75) is 38.3 Å². The van der Waals surface area contributed by atoms with Crippen molar-refractivity contribution in [3.05, 3.63) is 71.2 Å². The van der Waals surface area contributed by atoms with E-state index in [1.807, 2.05) is 75.6 Å². The summed E-state index contributed by atoms with van der Waals surface area (Å²) in [5.41, 5.74) is 2.85. The summed E-state index contributed by atoms with van der Waals surface area (Å²) in [5.74, 6) is 1.27. The Morgan fingerprint density at radius 3 is 2.68 bits per heavy atom. The second-order valence-electron chi connectivity index (χ2n) is 9.99. The zero-order valence-electron chi connectivity index (χ0n) is 21.5. The van der Waals surface area contributed by atoms with Gasteiger partial charge in [0.25, 0.3) is 5.91 Å². The van der Waals surface area contributed by atoms with Crippen LogP contribution in [0.15, 0.2) is 60.8 Å². The Hall–Kier alpha value is -3.95. The molecule has 38 heavy (non-hydrogen) atoms. The minimum Gasteiger partial charge on any atom is -0.457 e. The Bertz CT molecular complexity index is 1530. The molecule has 8 nitrogen and oxygen atoms in total. The molecule has 0 spiro atoms. The number of carbonyl (C=O) groups is 2. The molecule has 1 aliphatic heterocycles. The maximum atomic E-state index is 13.5. The molecule has 6 rings (SSSR count). The van der Waals surface area contributed by atoms with E-state index in [0.717, 1.165) is 41.6 Å². The number of hydrogen-bond acceptors (Lipinski definition) is 6. The predicted octanol–water partition coefficient (Wildman–Crippen LogP) is 6.29. The lowest BCUT2D eigenvalue weighted by Crippen LogP contribution is -2.46. The average molecular weight is 528 g/mol. The minimum atomic E-state index is -0.315. The number of benzene rings is 2. The van der Waals surface area contributed by atoms with Crippen LogP contribution in [-0.2, 0) is 0 Å². The molecule has 2 aromatic carbocycles. The van der Waals surface area contributed by atoms with Crippen molar-refractivity contribution in [1.82, 2.24) is 15.2 Å². The number of para-hydroxylation sites is 1. The third kappa shape index (κ3) is 4.27. The first-order chi connectivity index (χ1) is 18.4. The van der Waals surface area contributed by atoms with Gasteiger partial charge in [-0.25, -0.2) is 9.78 Å². The van der Waals surface area contributed by atoms with Gasteiger partial charge in [-0.3, -0.25) is 9.69 Å². The Morgan fingerprint density at radius 1 is 1.11 bits per heavy atom. The van der Waals surface area contributed by atoms with Crippen molar-refractivity contribution in [2.24, 2.45) is 0 Å². The van der Waals surface area contributed by atoms with Gasteiger partial charge in [-0.1, -0.05) is 18.2 Å². The summed E-state index contributed by atoms with van der Waals surface area (Å²) in [6.45, 7) is 1.95. The van der Waals surface area contributed by atoms with Gasteiger partial charge in [0.05, 0.1) is 22.4 Å². The molecule has 9 heteroatoms. The number of urea groups is 1. The summed E-state index contributed by atoms with van der Waals surface area (Å²) < 4.78 is 5.97. The molecule has 3 heterocycles. The first-order valence-electron chi connectivity index (χ1n) is 12.7. The quantitative estimate of drug-likeness (QED) is 0.308. The van der Waals surface area contributed by atoms with Crippen molar-refractivity contribution >= 4 is 50.6 Å². The highest BCUT2D eigenvalue weighted by atomic mass is 32.1. The van der Waals surface area contributed by atoms with Gasteiger partial charge in [0, 0.05) is 18.3 Å². The summed E-state index contributed by atoms with van der Waals surface area (Å²) in [6, 6.07) is 17.1. The lowest BCUT2D eigenvalue weighted by atomic mass is 10.1. The number of nitrogens with zero attached hydrogens (tertiary/aromatic N) is 3. The van der Waals surface area contributed by atoms with Gasteiger partial charge in [0.2, 0.25) is 0 Å². The smallest absolute Gasteiger partial charge is 0.331 e. The number of ether oxygens (including phenoxy) is 1. The number of thiophene rings is 1. The van der Waals surface area contributed by atoms with Gasteiger partial charge < -0.3 is 20.3 Å². The van der Waals surface area contributed by atoms with Crippen LogP contribution < -0.4 is 20.3 Å². The molecule has 2 N–H and O–H groups in total. The molecule has 0 bridgehead atoms. The second kappa shape index (κ2) is 9.74. The monoisotopic (exact) mass is 527 g/mol. The van der Waals surface area contributed by atoms with E-state index in [1.54, 1.807) is 11.1 Å². The van der Waals surface area contributed by atoms with Crippen molar-refractivity contribution in [3.8, 4) is 11.5 Å². The highest BCUT2D eigenvalue weighted by molar-refractivity contribution is 7.21. The predicted molar refractivity (Wildman–Crippen MR) is 151 cm³/mol. The molecule has 0 radical (unpaired) electrons. The molecule has 1 aliphatic carbocycles. The summed E-state index contributed by atoms with van der Waals surface area (Å²) >= 11 is 1.31. The fraction of sp³-hybridized carbons (Fsp3) is 0.276. The maximum Gasteiger partial charge on any atom is 0.331 e. The van der Waals surface area contributed by atoms with Crippen LogP contribution in [0.3, 0.4) is 0 Å². The van der Waals surface area contributed by atoms with E-state index >= 15 is 0 Å². The number of aromatic nitrogens is 1. The Morgan fingerprint density at radius 2 is 1.92 bits per heavy atom. The number of aryl methyl sites for hydroxylation is 1. The number of pyridine rings is 1. The molecule has 2 atom stereocenters. The van der Waals surface area contributed by atoms with Crippen LogP contribution in [0.5, 0.6) is 11.5 Å². The zero-order valence-corrected chi connectivity index (χ0v) is 22.3. The van der Waals surface area contributed by atoms with Gasteiger partial charge in [0.1, 0.15) is 21.2 Å². The normalized spacial score (nSPS) is 18.6. The summed E-state index contributed by atoms with van der Waals surface area (Å²) in [6.07, 6.45) is 4.77. The van der Waals surface area contributed by atoms with E-state index in [9.17, 15) is 9.59 Å². The van der Waals surface area contributed by atoms with Crippen LogP contribution in [0.1, 0.15) is 34.5 Å². The van der Waals surface area contributed by atoms with Crippen LogP contribution in [0, 0.1) is 6.92 Å². The van der Waals surface area contributed by atoms with Crippen molar-refractivity contribution in [3.63, 3.8) is 0 Å². The molecule has 1 fully saturated rings. The molecule has 4 aromatic rings. The summed E-state index contributed by atoms with van der Waals surface area (Å²) in [4.78, 5) is 36.5. The third-order valence-corrected chi connectivity index (χ3v) is 8.40. The van der Waals surface area contributed by atoms with Gasteiger partial charge in [-0.2, -0.15) is 0 Å². The van der Waals surface area contributed by atoms with E-state index in [2.05, 4.69) is 20.5 Å². The van der Waals surface area contributed by atoms with Gasteiger partial charge in [0.15, 0.2) is 0 Å². The number of hydrogen-bond donors (Lipinski definition) is 2. The number of nitrogens with one attached hydrogen (secondary N) is 2. The number of rotatable bonds is 6. The topological polar surface area (TPSA) is 86.8 Å². The SMILES string of the molecule is Cc1cc(Oc2ccccc2)ccc1N1C(=O)Nc2c(C(=O)N[C@H]3CCC[C@@H]3N(C)C)sc3nccc1c23. The number of carbonyl (C=O) groups excluding carboxylic acids is 2. The average Bonchev–Trinajstić information content (AvgIpc) is 3.51. The molecular formula is C29H29N5O3S. The molecule has 2 aliphatic rings. The van der Waals surface area contributed by atoms with Gasteiger partial charge in [-0.15, -0.1) is 11.3 Å². The Labute approximate surface area is 225 Å². The van der Waals surface area contributed by atoms with Crippen LogP contribution in [0.4, 0.5) is 21.9 Å². The van der Waals surface area contributed by atoms with Crippen LogP contribution >= 0.6 is 11.3 Å². The lowest BCUT2D eigenvalue weighted by molar-refractivity contribution is 0.0924. The van der Waals surface area contributed by atoms with E-state index in [0.29, 0.717) is 32.9 Å². The van der Waals surface area contributed by atoms with Gasteiger partial charge >= 0.3 is 6.03 Å². The summed E-state index contributed by atoms with van der Waals surface area (Å²) in [7, 11) is 4.09. The largest absolute Gasteiger partial charge is 0.457 e. The highest BCUT2D eigenvalue weighted by Gasteiger charge is 2.35. The van der Waals surface area contributed by atoms with Crippen molar-refractivity contribution in [1.29, 1.82) is 0 Å². The molecule has 194 valence electrons. The zero-order chi connectivity index (χ0) is 26.4. The van der Waals surface area contributed by atoms with Gasteiger partial charge in [-0.05, 0) is 82.2 Å². The number of anilines is 3. The maximum absolute atomic E-state index is 13.5. The third-order valence-electron chi connectivity index (χ3n) is 7.30. The fourth-order valence-corrected chi connectivity index (χ4v) is 6.53. The highest BCUT2D eigenvalue weighted by Crippen LogP contribution is 2.46. The first kappa shape index (κ1) is 24.4. The van der Waals surface area contributed by atoms with E-state index in [-0.39, 0.29) is 18.0 Å². The van der Waals surface area contributed by atoms with E-state index < -0.39 is 0 Å². The van der Waals surface area contributed by atoms with Crippen LogP contribution in [0.2, 0.25) is 0 Å². The van der Waals surface area contributed by atoms with Crippen molar-refractivity contribution < 1.29 is 14.3 Å². The van der Waals surface area contributed by atoms with E-state index in [4.69, 9.17) is 4.74 Å². The Kier molecular flexibility index (Phi) is 6.25. The number of likely N-dealkylation sites (N-methyl/N-ethyl adjacent to an activating group) is 1. The fourth-order valence-electron chi connectivity index (χ4n) is 5.51. The molecule has 3 amide bonds. The molecule has 2 aromatic heterocycles. The molecule has 0 unspecified atom stereocenters. The molecular weight excluding hydrogens is 498 g/mol. The summed E-state index contributed by atoms with van der Waals surface area (Å²) in [5, 5.41) is 7.00.